The summed E-state index contributed by atoms with van der Waals surface area (Å²) in [6, 6.07) is 6.85. The van der Waals surface area contributed by atoms with Crippen LogP contribution in [0.3, 0.4) is 0 Å². The van der Waals surface area contributed by atoms with E-state index in [1.165, 1.54) is 12.2 Å². The molecule has 0 aromatic heterocycles. The number of nitrogens with one attached hydrogen (secondary N) is 1. The number of hydrogen-bond acceptors (Lipinski definition) is 4. The van der Waals surface area contributed by atoms with Gasteiger partial charge in [0, 0.05) is 25.3 Å². The monoisotopic (exact) mass is 327 g/mol. The largest absolute Gasteiger partial charge is 0.372 e. The summed E-state index contributed by atoms with van der Waals surface area (Å²) in [4.78, 5) is 39.1. The van der Waals surface area contributed by atoms with E-state index in [2.05, 4.69) is 30.6 Å². The van der Waals surface area contributed by atoms with Crippen LogP contribution in [0.5, 0.6) is 0 Å². The molecule has 126 valence electrons. The summed E-state index contributed by atoms with van der Waals surface area (Å²) in [7, 11) is 0. The van der Waals surface area contributed by atoms with Gasteiger partial charge < -0.3 is 4.90 Å². The maximum Gasteiger partial charge on any atom is 0.331 e. The second-order valence-corrected chi connectivity index (χ2v) is 5.29. The highest BCUT2D eigenvalue weighted by Crippen LogP contribution is 2.18. The minimum atomic E-state index is -0.723. The second-order valence-electron chi connectivity index (χ2n) is 5.29. The Bertz CT molecular complexity index is 688. The normalized spacial score (nSPS) is 16.3. The van der Waals surface area contributed by atoms with Crippen molar-refractivity contribution in [3.8, 4) is 0 Å². The van der Waals surface area contributed by atoms with Crippen LogP contribution in [0.1, 0.15) is 19.4 Å². The van der Waals surface area contributed by atoms with Crippen molar-refractivity contribution < 1.29 is 14.4 Å². The average Bonchev–Trinajstić information content (AvgIpc) is 2.58. The molecule has 1 aliphatic rings. The molecule has 6 heteroatoms. The van der Waals surface area contributed by atoms with Crippen LogP contribution >= 0.6 is 0 Å². The minimum Gasteiger partial charge on any atom is -0.372 e. The number of imide groups is 2. The molecule has 0 radical (unpaired) electrons. The van der Waals surface area contributed by atoms with Crippen molar-refractivity contribution in [3.05, 3.63) is 48.1 Å². The Morgan fingerprint density at radius 1 is 1.12 bits per heavy atom. The fourth-order valence-electron chi connectivity index (χ4n) is 2.53. The van der Waals surface area contributed by atoms with Gasteiger partial charge in [-0.25, -0.2) is 4.79 Å². The number of nitrogens with zero attached hydrogens (tertiary/aromatic N) is 2. The predicted octanol–water partition coefficient (Wildman–Crippen LogP) is 2.18. The SMILES string of the molecule is C=CCN1C(=O)NC(=O)C(=Cc2ccc(N(CC)CC)cc2)C1=O. The van der Waals surface area contributed by atoms with E-state index in [4.69, 9.17) is 0 Å². The summed E-state index contributed by atoms with van der Waals surface area (Å²) in [6.45, 7) is 9.52. The highest BCUT2D eigenvalue weighted by molar-refractivity contribution is 6.31. The van der Waals surface area contributed by atoms with Gasteiger partial charge in [0.25, 0.3) is 11.8 Å². The van der Waals surface area contributed by atoms with Crippen molar-refractivity contribution in [2.24, 2.45) is 0 Å². The van der Waals surface area contributed by atoms with Crippen LogP contribution in [-0.4, -0.2) is 42.4 Å². The lowest BCUT2D eigenvalue weighted by molar-refractivity contribution is -0.129. The Labute approximate surface area is 141 Å². The molecule has 1 heterocycles. The van der Waals surface area contributed by atoms with Crippen molar-refractivity contribution in [3.63, 3.8) is 0 Å². The van der Waals surface area contributed by atoms with Crippen molar-refractivity contribution in [2.45, 2.75) is 13.8 Å². The van der Waals surface area contributed by atoms with Gasteiger partial charge in [0.05, 0.1) is 0 Å². The zero-order valence-corrected chi connectivity index (χ0v) is 13.9. The number of anilines is 1. The van der Waals surface area contributed by atoms with E-state index in [1.807, 2.05) is 24.3 Å². The van der Waals surface area contributed by atoms with Gasteiger partial charge in [-0.1, -0.05) is 18.2 Å². The molecule has 0 atom stereocenters. The molecule has 1 aromatic carbocycles. The fourth-order valence-corrected chi connectivity index (χ4v) is 2.53. The van der Waals surface area contributed by atoms with Crippen molar-refractivity contribution in [1.29, 1.82) is 0 Å². The van der Waals surface area contributed by atoms with Gasteiger partial charge in [-0.05, 0) is 37.6 Å². The molecule has 0 bridgehead atoms. The van der Waals surface area contributed by atoms with E-state index in [1.54, 1.807) is 0 Å². The molecule has 0 aliphatic carbocycles. The quantitative estimate of drug-likeness (QED) is 0.494. The Balaban J connectivity index is 2.28. The molecular formula is C18H21N3O3. The third kappa shape index (κ3) is 3.53. The van der Waals surface area contributed by atoms with Crippen LogP contribution < -0.4 is 10.2 Å². The number of hydrogen-bond donors (Lipinski definition) is 1. The summed E-state index contributed by atoms with van der Waals surface area (Å²) in [5.41, 5.74) is 1.73. The standard InChI is InChI=1S/C18H21N3O3/c1-4-11-21-17(23)15(16(22)19-18(21)24)12-13-7-9-14(10-8-13)20(5-2)6-3/h4,7-10,12H,1,5-6,11H2,2-3H3,(H,19,22,24). The average molecular weight is 327 g/mol. The van der Waals surface area contributed by atoms with Crippen molar-refractivity contribution in [2.75, 3.05) is 24.5 Å². The smallest absolute Gasteiger partial charge is 0.331 e. The zero-order chi connectivity index (χ0) is 17.7. The molecule has 1 aliphatic heterocycles. The van der Waals surface area contributed by atoms with Gasteiger partial charge in [0.1, 0.15) is 5.57 Å². The number of carbonyl (C=O) groups is 3. The van der Waals surface area contributed by atoms with Crippen LogP contribution in [0.15, 0.2) is 42.5 Å². The predicted molar refractivity (Wildman–Crippen MR) is 93.4 cm³/mol. The van der Waals surface area contributed by atoms with Crippen LogP contribution in [0.4, 0.5) is 10.5 Å². The fraction of sp³-hybridized carbons (Fsp3) is 0.278. The highest BCUT2D eigenvalue weighted by atomic mass is 16.2. The van der Waals surface area contributed by atoms with Crippen LogP contribution in [0.25, 0.3) is 6.08 Å². The van der Waals surface area contributed by atoms with E-state index in [9.17, 15) is 14.4 Å². The molecule has 0 saturated carbocycles. The first-order chi connectivity index (χ1) is 11.5. The second kappa shape index (κ2) is 7.59. The number of barbiturate groups is 1. The van der Waals surface area contributed by atoms with Crippen LogP contribution in [0.2, 0.25) is 0 Å². The first-order valence-corrected chi connectivity index (χ1v) is 7.86. The van der Waals surface area contributed by atoms with Gasteiger partial charge in [-0.2, -0.15) is 0 Å². The topological polar surface area (TPSA) is 69.7 Å². The summed E-state index contributed by atoms with van der Waals surface area (Å²) >= 11 is 0. The summed E-state index contributed by atoms with van der Waals surface area (Å²) in [6.07, 6.45) is 2.93. The number of benzene rings is 1. The number of rotatable bonds is 6. The Morgan fingerprint density at radius 2 is 1.75 bits per heavy atom. The lowest BCUT2D eigenvalue weighted by Crippen LogP contribution is -2.54. The third-order valence-corrected chi connectivity index (χ3v) is 3.83. The molecule has 4 amide bonds. The summed E-state index contributed by atoms with van der Waals surface area (Å²) < 4.78 is 0. The lowest BCUT2D eigenvalue weighted by Gasteiger charge is -2.25. The Kier molecular flexibility index (Phi) is 5.52. The summed E-state index contributed by atoms with van der Waals surface area (Å²) in [5, 5.41) is 2.17. The van der Waals surface area contributed by atoms with Crippen molar-refractivity contribution in [1.82, 2.24) is 10.2 Å². The molecule has 2 rings (SSSR count). The van der Waals surface area contributed by atoms with Gasteiger partial charge in [-0.3, -0.25) is 19.8 Å². The minimum absolute atomic E-state index is 0.0518. The van der Waals surface area contributed by atoms with E-state index < -0.39 is 17.8 Å². The number of urea groups is 1. The molecule has 0 spiro atoms. The van der Waals surface area contributed by atoms with Gasteiger partial charge in [0.15, 0.2) is 0 Å². The molecule has 6 nitrogen and oxygen atoms in total. The zero-order valence-electron chi connectivity index (χ0n) is 13.9. The Morgan fingerprint density at radius 3 is 2.29 bits per heavy atom. The number of carbonyl (C=O) groups excluding carboxylic acids is 3. The first kappa shape index (κ1) is 17.5. The molecule has 1 N–H and O–H groups in total. The van der Waals surface area contributed by atoms with Gasteiger partial charge >= 0.3 is 6.03 Å². The highest BCUT2D eigenvalue weighted by Gasteiger charge is 2.34. The van der Waals surface area contributed by atoms with Gasteiger partial charge in [-0.15, -0.1) is 6.58 Å². The molecule has 24 heavy (non-hydrogen) atoms. The van der Waals surface area contributed by atoms with Crippen LogP contribution in [-0.2, 0) is 9.59 Å². The molecule has 0 unspecified atom stereocenters. The van der Waals surface area contributed by atoms with E-state index in [0.717, 1.165) is 29.2 Å². The number of amides is 4. The molecular weight excluding hydrogens is 306 g/mol. The maximum atomic E-state index is 12.3. The Hall–Kier alpha value is -2.89. The molecule has 1 fully saturated rings. The molecule has 1 aromatic rings. The lowest BCUT2D eigenvalue weighted by atomic mass is 10.1. The van der Waals surface area contributed by atoms with E-state index in [-0.39, 0.29) is 12.1 Å². The van der Waals surface area contributed by atoms with Crippen LogP contribution in [0, 0.1) is 0 Å². The van der Waals surface area contributed by atoms with Crippen molar-refractivity contribution >= 4 is 29.6 Å². The van der Waals surface area contributed by atoms with E-state index in [0.29, 0.717) is 0 Å². The van der Waals surface area contributed by atoms with E-state index >= 15 is 0 Å². The molecule has 1 saturated heterocycles. The maximum absolute atomic E-state index is 12.3. The third-order valence-electron chi connectivity index (χ3n) is 3.83. The summed E-state index contributed by atoms with van der Waals surface area (Å²) in [5.74, 6) is -1.30. The van der Waals surface area contributed by atoms with Gasteiger partial charge in [0.2, 0.25) is 0 Å². The first-order valence-electron chi connectivity index (χ1n) is 7.86.